The van der Waals surface area contributed by atoms with Crippen molar-refractivity contribution in [1.29, 1.82) is 0 Å². The Morgan fingerprint density at radius 2 is 0.604 bits per heavy atom. The fourth-order valence-corrected chi connectivity index (χ4v) is 10.9. The van der Waals surface area contributed by atoms with Gasteiger partial charge in [-0.1, -0.05) is 13.8 Å². The topological polar surface area (TPSA) is 539 Å². The lowest BCUT2D eigenvalue weighted by Crippen LogP contribution is -2.64. The maximum absolute atomic E-state index is 12.9. The minimum Gasteiger partial charge on any atom is -0.394 e. The molecule has 0 aromatic heterocycles. The third-order valence-corrected chi connectivity index (χ3v) is 16.1. The van der Waals surface area contributed by atoms with Gasteiger partial charge in [-0.3, -0.25) is 43.2 Å². The van der Waals surface area contributed by atoms with E-state index >= 15 is 0 Å². The molecule has 3 heterocycles. The second-order valence-corrected chi connectivity index (χ2v) is 25.4. The number of hydrogen-bond donors (Lipinski definition) is 19. The van der Waals surface area contributed by atoms with Gasteiger partial charge in [0.05, 0.1) is 65.0 Å². The number of aliphatic hydroxyl groups excluding tert-OH is 9. The van der Waals surface area contributed by atoms with Gasteiger partial charge < -0.3 is 142 Å². The summed E-state index contributed by atoms with van der Waals surface area (Å²) in [6.45, 7) is 7.73. The molecule has 6 unspecified atom stereocenters. The van der Waals surface area contributed by atoms with Gasteiger partial charge in [-0.15, -0.1) is 0 Å². The van der Waals surface area contributed by atoms with Crippen LogP contribution in [0.25, 0.3) is 0 Å². The number of rotatable bonds is 53. The summed E-state index contributed by atoms with van der Waals surface area (Å²) in [5.74, 6) is -3.01. The number of nitrogens with one attached hydrogen (secondary N) is 10. The Labute approximate surface area is 589 Å². The van der Waals surface area contributed by atoms with Crippen LogP contribution in [0.15, 0.2) is 0 Å². The highest BCUT2D eigenvalue weighted by molar-refractivity contribution is 5.78. The Kier molecular flexibility index (Phi) is 45.1. The zero-order valence-electron chi connectivity index (χ0n) is 58.9. The van der Waals surface area contributed by atoms with Gasteiger partial charge in [0.15, 0.2) is 18.9 Å². The average Bonchev–Trinajstić information content (AvgIpc) is 0.826. The molecule has 3 aliphatic rings. The second-order valence-electron chi connectivity index (χ2n) is 25.4. The lowest BCUT2D eigenvalue weighted by Gasteiger charge is -2.42. The van der Waals surface area contributed by atoms with E-state index in [2.05, 4.69) is 53.2 Å². The van der Waals surface area contributed by atoms with Gasteiger partial charge in [-0.2, -0.15) is 0 Å². The molecule has 0 spiro atoms. The summed E-state index contributed by atoms with van der Waals surface area (Å²) in [4.78, 5) is 111. The maximum atomic E-state index is 12.9. The predicted molar refractivity (Wildman–Crippen MR) is 355 cm³/mol. The van der Waals surface area contributed by atoms with Crippen LogP contribution in [0.5, 0.6) is 0 Å². The Bertz CT molecular complexity index is 2180. The van der Waals surface area contributed by atoms with E-state index in [9.17, 15) is 89.1 Å². The van der Waals surface area contributed by atoms with Crippen LogP contribution in [0.3, 0.4) is 0 Å². The molecule has 584 valence electrons. The summed E-state index contributed by atoms with van der Waals surface area (Å²) in [6.07, 6.45) is -11.0. The molecule has 3 aliphatic heterocycles. The molecule has 3 rings (SSSR count). The first-order chi connectivity index (χ1) is 48.2. The normalized spacial score (nSPS) is 25.6. The third-order valence-electron chi connectivity index (χ3n) is 16.1. The van der Waals surface area contributed by atoms with E-state index in [1.807, 2.05) is 13.8 Å². The van der Waals surface area contributed by atoms with Crippen molar-refractivity contribution >= 4 is 53.2 Å². The summed E-state index contributed by atoms with van der Waals surface area (Å²) in [7, 11) is 0. The lowest BCUT2D eigenvalue weighted by molar-refractivity contribution is -0.270. The number of hydrogen-bond acceptors (Lipinski definition) is 28. The predicted octanol–water partition coefficient (Wildman–Crippen LogP) is -6.80. The van der Waals surface area contributed by atoms with Gasteiger partial charge >= 0.3 is 0 Å². The molecular formula is C64H116N10O27. The molecule has 3 fully saturated rings. The number of aliphatic hydroxyl groups is 9. The van der Waals surface area contributed by atoms with Gasteiger partial charge in [0.2, 0.25) is 53.2 Å². The van der Waals surface area contributed by atoms with Crippen molar-refractivity contribution in [3.8, 4) is 0 Å². The first-order valence-corrected chi connectivity index (χ1v) is 34.9. The standard InChI is InChI=1S/C64H116N10O27/c1-39(2)74-64(36-93-30-18-49(84)68-24-12-21-65-46(81)15-6-9-27-96-61-52(71-40(3)78)58(90)55(87)43(33-75)99-61,37-94-31-19-50(85)69-25-13-22-66-47(82)16-7-10-28-97-62-53(72-41(4)79)59(91)56(88)44(34-76)100-62)38-95-32-20-51(86)70-26-14-23-67-48(83)17-8-11-29-98-63-54(73-42(5)80)60(92)57(89)45(35-77)101-63/h39,43-45,52-63,74-77,87-92H,6-38H2,1-5H3,(H,65,81)(H,66,82)(H,67,83)(H,68,84)(H,69,85)(H,70,86)(H,71,78)(H,72,79)(H,73,80)/t43?,44?,45?,52-,53-,54?,55-,56-,57-,58?,59?,60+,61+,62+,63+,64?/m0/s1. The highest BCUT2D eigenvalue weighted by Gasteiger charge is 2.48. The van der Waals surface area contributed by atoms with Crippen LogP contribution in [0.1, 0.15) is 131 Å². The van der Waals surface area contributed by atoms with Crippen LogP contribution >= 0.6 is 0 Å². The highest BCUT2D eigenvalue weighted by Crippen LogP contribution is 2.26. The van der Waals surface area contributed by atoms with Gasteiger partial charge in [-0.05, 0) is 57.8 Å². The molecule has 101 heavy (non-hydrogen) atoms. The van der Waals surface area contributed by atoms with Crippen LogP contribution in [0.2, 0.25) is 0 Å². The second kappa shape index (κ2) is 50.8. The molecule has 3 saturated heterocycles. The van der Waals surface area contributed by atoms with Crippen LogP contribution in [-0.4, -0.2) is 321 Å². The van der Waals surface area contributed by atoms with Crippen molar-refractivity contribution in [2.24, 2.45) is 0 Å². The largest absolute Gasteiger partial charge is 0.394 e. The first kappa shape index (κ1) is 89.7. The van der Waals surface area contributed by atoms with Crippen molar-refractivity contribution in [2.45, 2.75) is 234 Å². The van der Waals surface area contributed by atoms with E-state index in [0.29, 0.717) is 57.8 Å². The fraction of sp³-hybridized carbons (Fsp3) is 0.859. The minimum absolute atomic E-state index is 0.00518. The molecule has 19 N–H and O–H groups in total. The number of carbonyl (C=O) groups is 9. The molecule has 0 aromatic carbocycles. The maximum Gasteiger partial charge on any atom is 0.222 e. The molecule has 37 heteroatoms. The van der Waals surface area contributed by atoms with Crippen LogP contribution < -0.4 is 53.2 Å². The van der Waals surface area contributed by atoms with Gasteiger partial charge in [-0.25, -0.2) is 0 Å². The van der Waals surface area contributed by atoms with E-state index < -0.39 is 135 Å². The molecule has 0 radical (unpaired) electrons. The summed E-state index contributed by atoms with van der Waals surface area (Å²) in [6, 6.07) is -3.36. The molecule has 0 aromatic rings. The zero-order chi connectivity index (χ0) is 74.7. The third kappa shape index (κ3) is 36.2. The van der Waals surface area contributed by atoms with E-state index in [0.717, 1.165) is 0 Å². The first-order valence-electron chi connectivity index (χ1n) is 34.9. The number of amides is 9. The van der Waals surface area contributed by atoms with E-state index in [4.69, 9.17) is 42.6 Å². The number of ether oxygens (including phenoxy) is 9. The monoisotopic (exact) mass is 1460 g/mol. The Balaban J connectivity index is 1.40. The average molecular weight is 1460 g/mol. The lowest BCUT2D eigenvalue weighted by atomic mass is 9.97. The Morgan fingerprint density at radius 1 is 0.356 bits per heavy atom. The summed E-state index contributed by atoms with van der Waals surface area (Å²) >= 11 is 0. The van der Waals surface area contributed by atoms with Crippen molar-refractivity contribution in [2.75, 3.05) is 119 Å². The molecule has 0 aliphatic carbocycles. The van der Waals surface area contributed by atoms with Gasteiger partial charge in [0.1, 0.15) is 73.1 Å². The van der Waals surface area contributed by atoms with Crippen LogP contribution in [0, 0.1) is 0 Å². The molecule has 15 atom stereocenters. The Morgan fingerprint density at radius 3 is 0.832 bits per heavy atom. The van der Waals surface area contributed by atoms with Crippen molar-refractivity contribution in [3.05, 3.63) is 0 Å². The molecular weight excluding hydrogens is 1340 g/mol. The van der Waals surface area contributed by atoms with Gasteiger partial charge in [0, 0.05) is 124 Å². The highest BCUT2D eigenvalue weighted by atomic mass is 16.7. The minimum atomic E-state index is -1.44. The van der Waals surface area contributed by atoms with Crippen LogP contribution in [0.4, 0.5) is 0 Å². The summed E-state index contributed by atoms with van der Waals surface area (Å²) in [5.41, 5.74) is -1.02. The SMILES string of the molecule is CC(=O)NC1[C@H](OCCCCC(=O)NCCCNC(=O)CCOCC(COCCC(=O)NCCCNC(=O)CCCCO[C@@H]2OC(CO)[C@H](O)C(O)[C@@H]2NC(C)=O)(COCCC(=O)NCCCNC(=O)CCCCO[C@@H]2OC(CO)[C@H](O)C(O)[C@@H]2NC(C)=O)NC(C)C)OC(CO)[C@H](O)[C@@H]1O. The molecule has 37 nitrogen and oxygen atoms in total. The molecule has 9 amide bonds. The smallest absolute Gasteiger partial charge is 0.222 e. The van der Waals surface area contributed by atoms with Gasteiger partial charge in [0.25, 0.3) is 0 Å². The summed E-state index contributed by atoms with van der Waals surface area (Å²) in [5, 5.41) is 118. The summed E-state index contributed by atoms with van der Waals surface area (Å²) < 4.78 is 51.9. The zero-order valence-corrected chi connectivity index (χ0v) is 58.9. The quantitative estimate of drug-likeness (QED) is 0.0252. The van der Waals surface area contributed by atoms with E-state index in [-0.39, 0.29) is 179 Å². The number of carbonyl (C=O) groups excluding carboxylic acids is 9. The fourth-order valence-electron chi connectivity index (χ4n) is 10.9. The van der Waals surface area contributed by atoms with Crippen molar-refractivity contribution < 1.29 is 132 Å². The number of unbranched alkanes of at least 4 members (excludes halogenated alkanes) is 3. The molecule has 0 saturated carbocycles. The Hall–Kier alpha value is -5.53. The van der Waals surface area contributed by atoms with E-state index in [1.165, 1.54) is 20.8 Å². The van der Waals surface area contributed by atoms with E-state index in [1.54, 1.807) is 0 Å². The van der Waals surface area contributed by atoms with Crippen molar-refractivity contribution in [3.63, 3.8) is 0 Å². The molecule has 0 bridgehead atoms. The van der Waals surface area contributed by atoms with Crippen LogP contribution in [-0.2, 0) is 85.8 Å². The van der Waals surface area contributed by atoms with Crippen molar-refractivity contribution in [1.82, 2.24) is 53.2 Å².